The quantitative estimate of drug-likeness (QED) is 0.774. The number of thiophene rings is 1. The van der Waals surface area contributed by atoms with Crippen LogP contribution in [-0.4, -0.2) is 35.2 Å². The van der Waals surface area contributed by atoms with Crippen LogP contribution in [0.15, 0.2) is 14.3 Å². The molecule has 1 aromatic heterocycles. The number of aliphatic carboxylic acids is 1. The fourth-order valence-electron chi connectivity index (χ4n) is 2.24. The summed E-state index contributed by atoms with van der Waals surface area (Å²) in [4.78, 5) is 13.5. The van der Waals surface area contributed by atoms with Gasteiger partial charge in [0.05, 0.1) is 3.79 Å². The Morgan fingerprint density at radius 3 is 2.55 bits per heavy atom. The van der Waals surface area contributed by atoms with Crippen LogP contribution < -0.4 is 0 Å². The van der Waals surface area contributed by atoms with Crippen LogP contribution in [0.4, 0.5) is 13.2 Å². The van der Waals surface area contributed by atoms with E-state index in [9.17, 15) is 18.0 Å². The van der Waals surface area contributed by atoms with Crippen molar-refractivity contribution in [1.29, 1.82) is 0 Å². The summed E-state index contributed by atoms with van der Waals surface area (Å²) in [6, 6.07) is 1.82. The van der Waals surface area contributed by atoms with Crippen molar-refractivity contribution in [2.45, 2.75) is 19.1 Å². The largest absolute Gasteiger partial charge is 0.481 e. The average molecular weight is 437 g/mol. The number of alkyl halides is 3. The lowest BCUT2D eigenvalue weighted by atomic mass is 9.86. The van der Waals surface area contributed by atoms with Gasteiger partial charge in [-0.15, -0.1) is 11.3 Å². The van der Waals surface area contributed by atoms with Crippen molar-refractivity contribution in [3.63, 3.8) is 0 Å². The molecule has 0 saturated carbocycles. The van der Waals surface area contributed by atoms with Gasteiger partial charge in [-0.05, 0) is 44.3 Å². The van der Waals surface area contributed by atoms with E-state index in [-0.39, 0.29) is 6.54 Å². The van der Waals surface area contributed by atoms with E-state index < -0.39 is 30.5 Å². The summed E-state index contributed by atoms with van der Waals surface area (Å²) in [5, 5.41) is 8.97. The minimum Gasteiger partial charge on any atom is -0.481 e. The molecule has 0 aliphatic carbocycles. The van der Waals surface area contributed by atoms with Gasteiger partial charge in [0.25, 0.3) is 0 Å². The summed E-state index contributed by atoms with van der Waals surface area (Å²) >= 11 is 8.05. The molecule has 9 heteroatoms. The van der Waals surface area contributed by atoms with Gasteiger partial charge in [0.15, 0.2) is 5.41 Å². The van der Waals surface area contributed by atoms with Crippen molar-refractivity contribution in [3.8, 4) is 0 Å². The molecular weight excluding hydrogens is 427 g/mol. The average Bonchev–Trinajstić information content (AvgIpc) is 2.84. The van der Waals surface area contributed by atoms with Crippen molar-refractivity contribution >= 4 is 49.2 Å². The number of likely N-dealkylation sites (tertiary alicyclic amines) is 1. The van der Waals surface area contributed by atoms with Gasteiger partial charge in [0.1, 0.15) is 0 Å². The standard InChI is InChI=1S/C11H10Br2F3NO2S/c12-7-3-6(20-8(7)13)4-17-2-1-10(5-17,9(18)19)11(14,15)16/h3H,1-2,4-5H2,(H,18,19). The maximum Gasteiger partial charge on any atom is 0.406 e. The molecule has 0 bridgehead atoms. The molecule has 1 aromatic rings. The molecule has 1 atom stereocenters. The molecule has 3 nitrogen and oxygen atoms in total. The molecule has 2 rings (SSSR count). The summed E-state index contributed by atoms with van der Waals surface area (Å²) in [5.74, 6) is -1.79. The lowest BCUT2D eigenvalue weighted by Crippen LogP contribution is -2.47. The molecule has 2 heterocycles. The molecule has 1 N–H and O–H groups in total. The third-order valence-corrected chi connectivity index (χ3v) is 6.62. The van der Waals surface area contributed by atoms with Crippen molar-refractivity contribution in [1.82, 2.24) is 4.90 Å². The number of rotatable bonds is 3. The molecule has 1 aliphatic rings. The number of nitrogens with zero attached hydrogens (tertiary/aromatic N) is 1. The van der Waals surface area contributed by atoms with E-state index >= 15 is 0 Å². The number of carboxylic acids is 1. The van der Waals surface area contributed by atoms with Gasteiger partial charge < -0.3 is 5.11 Å². The third-order valence-electron chi connectivity index (χ3n) is 3.38. The Labute approximate surface area is 134 Å². The van der Waals surface area contributed by atoms with Crippen LogP contribution in [0.2, 0.25) is 0 Å². The van der Waals surface area contributed by atoms with Crippen molar-refractivity contribution < 1.29 is 23.1 Å². The van der Waals surface area contributed by atoms with E-state index in [2.05, 4.69) is 31.9 Å². The van der Waals surface area contributed by atoms with E-state index in [1.807, 2.05) is 6.07 Å². The smallest absolute Gasteiger partial charge is 0.406 e. The molecule has 1 saturated heterocycles. The number of hydrogen-bond donors (Lipinski definition) is 1. The normalized spacial score (nSPS) is 24.2. The molecule has 0 aromatic carbocycles. The minimum atomic E-state index is -4.73. The first kappa shape index (κ1) is 16.3. The zero-order valence-electron chi connectivity index (χ0n) is 10.0. The Bertz CT molecular complexity index is 515. The maximum absolute atomic E-state index is 13.0. The van der Waals surface area contributed by atoms with E-state index in [4.69, 9.17) is 5.11 Å². The summed E-state index contributed by atoms with van der Waals surface area (Å²) < 4.78 is 40.8. The Kier molecular flexibility index (Phi) is 4.54. The zero-order valence-corrected chi connectivity index (χ0v) is 14.0. The van der Waals surface area contributed by atoms with Crippen LogP contribution >= 0.6 is 43.2 Å². The first-order valence-corrected chi connectivity index (χ1v) is 8.02. The van der Waals surface area contributed by atoms with E-state index in [0.29, 0.717) is 6.54 Å². The predicted molar refractivity (Wildman–Crippen MR) is 75.7 cm³/mol. The van der Waals surface area contributed by atoms with Crippen molar-refractivity contribution in [3.05, 3.63) is 19.2 Å². The van der Waals surface area contributed by atoms with Gasteiger partial charge in [-0.3, -0.25) is 9.69 Å². The molecule has 1 unspecified atom stereocenters. The molecular formula is C11H10Br2F3NO2S. The van der Waals surface area contributed by atoms with Crippen LogP contribution in [0.3, 0.4) is 0 Å². The van der Waals surface area contributed by atoms with Gasteiger partial charge in [0.2, 0.25) is 0 Å². The molecule has 0 amide bonds. The third kappa shape index (κ3) is 2.90. The first-order valence-electron chi connectivity index (χ1n) is 5.62. The zero-order chi connectivity index (χ0) is 15.1. The summed E-state index contributed by atoms with van der Waals surface area (Å²) in [7, 11) is 0. The highest BCUT2D eigenvalue weighted by Gasteiger charge is 2.63. The number of hydrogen-bond acceptors (Lipinski definition) is 3. The van der Waals surface area contributed by atoms with Crippen molar-refractivity contribution in [2.75, 3.05) is 13.1 Å². The van der Waals surface area contributed by atoms with E-state index in [0.717, 1.165) is 13.1 Å². The van der Waals surface area contributed by atoms with Gasteiger partial charge >= 0.3 is 12.1 Å². The Hall–Kier alpha value is -0.120. The predicted octanol–water partition coefficient (Wildman–Crippen LogP) is 4.11. The summed E-state index contributed by atoms with van der Waals surface area (Å²) in [5.41, 5.74) is -2.64. The molecule has 0 radical (unpaired) electrons. The fourth-order valence-corrected chi connectivity index (χ4v) is 4.46. The number of carbonyl (C=O) groups is 1. The van der Waals surface area contributed by atoms with Crippen LogP contribution in [0, 0.1) is 5.41 Å². The number of halogens is 5. The van der Waals surface area contributed by atoms with Gasteiger partial charge in [-0.25, -0.2) is 0 Å². The summed E-state index contributed by atoms with van der Waals surface area (Å²) in [6.07, 6.45) is -5.14. The van der Waals surface area contributed by atoms with E-state index in [1.165, 1.54) is 16.2 Å². The molecule has 112 valence electrons. The maximum atomic E-state index is 13.0. The highest BCUT2D eigenvalue weighted by molar-refractivity contribution is 9.13. The van der Waals surface area contributed by atoms with Gasteiger partial charge in [0, 0.05) is 29.0 Å². The van der Waals surface area contributed by atoms with Gasteiger partial charge in [-0.2, -0.15) is 13.2 Å². The van der Waals surface area contributed by atoms with E-state index in [1.54, 1.807) is 0 Å². The second kappa shape index (κ2) is 5.58. The highest BCUT2D eigenvalue weighted by Crippen LogP contribution is 2.46. The van der Waals surface area contributed by atoms with Crippen LogP contribution in [0.25, 0.3) is 0 Å². The molecule has 0 spiro atoms. The lowest BCUT2D eigenvalue weighted by Gasteiger charge is -2.27. The number of carboxylic acid groups (broad SMARTS) is 1. The first-order chi connectivity index (χ1) is 9.15. The minimum absolute atomic E-state index is 0.124. The Balaban J connectivity index is 2.13. The van der Waals surface area contributed by atoms with Crippen LogP contribution in [0.5, 0.6) is 0 Å². The molecule has 1 aliphatic heterocycles. The van der Waals surface area contributed by atoms with Gasteiger partial charge in [-0.1, -0.05) is 0 Å². The second-order valence-corrected chi connectivity index (χ2v) is 7.99. The lowest BCUT2D eigenvalue weighted by molar-refractivity contribution is -0.227. The second-order valence-electron chi connectivity index (χ2n) is 4.68. The summed E-state index contributed by atoms with van der Waals surface area (Å²) in [6.45, 7) is -0.0576. The van der Waals surface area contributed by atoms with Crippen LogP contribution in [-0.2, 0) is 11.3 Å². The Morgan fingerprint density at radius 1 is 1.50 bits per heavy atom. The van der Waals surface area contributed by atoms with Crippen LogP contribution in [0.1, 0.15) is 11.3 Å². The SMILES string of the molecule is O=C(O)C1(C(F)(F)F)CCN(Cc2cc(Br)c(Br)s2)C1. The van der Waals surface area contributed by atoms with Crippen molar-refractivity contribution in [2.24, 2.45) is 5.41 Å². The molecule has 1 fully saturated rings. The monoisotopic (exact) mass is 435 g/mol. The highest BCUT2D eigenvalue weighted by atomic mass is 79.9. The Morgan fingerprint density at radius 2 is 2.15 bits per heavy atom. The fraction of sp³-hybridized carbons (Fsp3) is 0.545. The topological polar surface area (TPSA) is 40.5 Å². The molecule has 20 heavy (non-hydrogen) atoms.